The molecular weight excluding hydrogens is 244 g/mol. The van der Waals surface area contributed by atoms with E-state index < -0.39 is 6.10 Å². The van der Waals surface area contributed by atoms with E-state index in [1.165, 1.54) is 0 Å². The fourth-order valence-corrected chi connectivity index (χ4v) is 4.57. The quantitative estimate of drug-likeness (QED) is 0.410. The van der Waals surface area contributed by atoms with E-state index in [9.17, 15) is 9.90 Å². The lowest BCUT2D eigenvalue weighted by atomic mass is 9.83. The Bertz CT molecular complexity index is 510. The number of esters is 1. The SMILES string of the molecule is CC1=C2C3OC(=O)C(C)C3CCC3(C)OC23CC1O. The number of carbonyl (C=O) groups excluding carboxylic acids is 1. The van der Waals surface area contributed by atoms with E-state index in [4.69, 9.17) is 9.47 Å². The van der Waals surface area contributed by atoms with Crippen molar-refractivity contribution in [3.05, 3.63) is 11.1 Å². The first-order valence-corrected chi connectivity index (χ1v) is 7.19. The van der Waals surface area contributed by atoms with Crippen LogP contribution in [-0.4, -0.2) is 34.5 Å². The van der Waals surface area contributed by atoms with Gasteiger partial charge < -0.3 is 14.6 Å². The molecule has 4 rings (SSSR count). The number of epoxide rings is 1. The molecule has 0 aromatic rings. The molecule has 3 fully saturated rings. The number of hydrogen-bond acceptors (Lipinski definition) is 4. The highest BCUT2D eigenvalue weighted by atomic mass is 16.6. The second-order valence-corrected chi connectivity index (χ2v) is 6.83. The van der Waals surface area contributed by atoms with E-state index >= 15 is 0 Å². The fourth-order valence-electron chi connectivity index (χ4n) is 4.57. The summed E-state index contributed by atoms with van der Waals surface area (Å²) in [5.41, 5.74) is 1.50. The van der Waals surface area contributed by atoms with Crippen molar-refractivity contribution in [2.45, 2.75) is 63.4 Å². The Balaban J connectivity index is 1.85. The Kier molecular flexibility index (Phi) is 2.03. The molecule has 104 valence electrons. The number of ether oxygens (including phenoxy) is 2. The van der Waals surface area contributed by atoms with E-state index in [2.05, 4.69) is 6.92 Å². The number of hydrogen-bond donors (Lipinski definition) is 1. The van der Waals surface area contributed by atoms with Gasteiger partial charge in [-0.05, 0) is 32.3 Å². The van der Waals surface area contributed by atoms with E-state index in [1.54, 1.807) is 0 Å². The zero-order valence-electron chi connectivity index (χ0n) is 11.6. The Morgan fingerprint density at radius 3 is 2.89 bits per heavy atom. The summed E-state index contributed by atoms with van der Waals surface area (Å²) in [6, 6.07) is 0. The number of aliphatic hydroxyl groups is 1. The largest absolute Gasteiger partial charge is 0.457 e. The average molecular weight is 264 g/mol. The lowest BCUT2D eigenvalue weighted by molar-refractivity contribution is -0.143. The Morgan fingerprint density at radius 1 is 1.42 bits per heavy atom. The van der Waals surface area contributed by atoms with Crippen LogP contribution in [0.25, 0.3) is 0 Å². The summed E-state index contributed by atoms with van der Waals surface area (Å²) in [6.45, 7) is 6.04. The highest BCUT2D eigenvalue weighted by molar-refractivity contribution is 5.76. The summed E-state index contributed by atoms with van der Waals surface area (Å²) >= 11 is 0. The predicted molar refractivity (Wildman–Crippen MR) is 67.3 cm³/mol. The van der Waals surface area contributed by atoms with Crippen LogP contribution in [0, 0.1) is 11.8 Å². The average Bonchev–Trinajstić information content (AvgIpc) is 2.72. The third-order valence-electron chi connectivity index (χ3n) is 5.94. The minimum absolute atomic E-state index is 0.0406. The van der Waals surface area contributed by atoms with Crippen LogP contribution in [-0.2, 0) is 14.3 Å². The second kappa shape index (κ2) is 3.23. The van der Waals surface area contributed by atoms with Gasteiger partial charge in [-0.1, -0.05) is 6.92 Å². The predicted octanol–water partition coefficient (Wildman–Crippen LogP) is 1.57. The Morgan fingerprint density at radius 2 is 2.16 bits per heavy atom. The molecule has 0 aromatic carbocycles. The van der Waals surface area contributed by atoms with Gasteiger partial charge in [0.25, 0.3) is 0 Å². The fraction of sp³-hybridized carbons (Fsp3) is 0.800. The third kappa shape index (κ3) is 1.20. The Labute approximate surface area is 112 Å². The normalized spacial score (nSPS) is 55.3. The molecule has 4 nitrogen and oxygen atoms in total. The van der Waals surface area contributed by atoms with Gasteiger partial charge in [0.05, 0.1) is 17.6 Å². The van der Waals surface area contributed by atoms with E-state index in [0.29, 0.717) is 6.42 Å². The van der Waals surface area contributed by atoms with Gasteiger partial charge in [-0.3, -0.25) is 4.79 Å². The maximum absolute atomic E-state index is 11.9. The molecule has 19 heavy (non-hydrogen) atoms. The van der Waals surface area contributed by atoms with Crippen molar-refractivity contribution in [2.75, 3.05) is 0 Å². The monoisotopic (exact) mass is 264 g/mol. The van der Waals surface area contributed by atoms with Crippen LogP contribution in [0.5, 0.6) is 0 Å². The number of rotatable bonds is 0. The molecule has 1 N–H and O–H groups in total. The molecular formula is C15H20O4. The van der Waals surface area contributed by atoms with Crippen LogP contribution in [0.4, 0.5) is 0 Å². The smallest absolute Gasteiger partial charge is 0.309 e. The molecule has 4 aliphatic rings. The first-order valence-electron chi connectivity index (χ1n) is 7.19. The van der Waals surface area contributed by atoms with Crippen molar-refractivity contribution >= 4 is 5.97 Å². The summed E-state index contributed by atoms with van der Waals surface area (Å²) in [5.74, 6) is 0.102. The van der Waals surface area contributed by atoms with Crippen LogP contribution in [0.2, 0.25) is 0 Å². The maximum Gasteiger partial charge on any atom is 0.309 e. The van der Waals surface area contributed by atoms with Crippen molar-refractivity contribution in [2.24, 2.45) is 11.8 Å². The molecule has 0 bridgehead atoms. The summed E-state index contributed by atoms with van der Waals surface area (Å²) in [7, 11) is 0. The third-order valence-corrected chi connectivity index (χ3v) is 5.94. The van der Waals surface area contributed by atoms with Crippen LogP contribution in [0.15, 0.2) is 11.1 Å². The molecule has 6 atom stereocenters. The molecule has 1 saturated carbocycles. The highest BCUT2D eigenvalue weighted by Crippen LogP contribution is 2.66. The molecule has 2 aliphatic carbocycles. The minimum Gasteiger partial charge on any atom is -0.457 e. The van der Waals surface area contributed by atoms with Gasteiger partial charge in [-0.15, -0.1) is 0 Å². The van der Waals surface area contributed by atoms with Gasteiger partial charge in [0.15, 0.2) is 0 Å². The molecule has 2 heterocycles. The van der Waals surface area contributed by atoms with Gasteiger partial charge in [-0.2, -0.15) is 0 Å². The van der Waals surface area contributed by atoms with Crippen LogP contribution in [0.3, 0.4) is 0 Å². The van der Waals surface area contributed by atoms with Crippen molar-refractivity contribution in [3.8, 4) is 0 Å². The van der Waals surface area contributed by atoms with E-state index in [0.717, 1.165) is 24.0 Å². The number of carbonyl (C=O) groups is 1. The standard InChI is InChI=1S/C15H20O4/c1-7-9-4-5-14(3)15(19-14)6-10(16)8(2)11(15)12(9)18-13(7)17/h7,9-10,12,16H,4-6H2,1-3H3. The Hall–Kier alpha value is -0.870. The number of fused-ring (bicyclic) bond motifs is 2. The molecule has 0 radical (unpaired) electrons. The van der Waals surface area contributed by atoms with Gasteiger partial charge in [-0.25, -0.2) is 0 Å². The summed E-state index contributed by atoms with van der Waals surface area (Å²) in [4.78, 5) is 11.9. The number of aliphatic hydroxyl groups excluding tert-OH is 1. The van der Waals surface area contributed by atoms with Gasteiger partial charge in [0.2, 0.25) is 0 Å². The lowest BCUT2D eigenvalue weighted by Crippen LogP contribution is -2.29. The molecule has 2 aliphatic heterocycles. The van der Waals surface area contributed by atoms with Gasteiger partial charge >= 0.3 is 5.97 Å². The van der Waals surface area contributed by atoms with Crippen molar-refractivity contribution < 1.29 is 19.4 Å². The molecule has 4 heteroatoms. The second-order valence-electron chi connectivity index (χ2n) is 6.83. The molecule has 2 saturated heterocycles. The minimum atomic E-state index is -0.454. The summed E-state index contributed by atoms with van der Waals surface area (Å²) in [6.07, 6.45) is 1.90. The first kappa shape index (κ1) is 11.9. The van der Waals surface area contributed by atoms with Crippen LogP contribution < -0.4 is 0 Å². The van der Waals surface area contributed by atoms with Crippen molar-refractivity contribution in [3.63, 3.8) is 0 Å². The molecule has 6 unspecified atom stereocenters. The zero-order chi connectivity index (χ0) is 13.6. The van der Waals surface area contributed by atoms with Gasteiger partial charge in [0.1, 0.15) is 11.7 Å². The van der Waals surface area contributed by atoms with Crippen molar-refractivity contribution in [1.29, 1.82) is 0 Å². The van der Waals surface area contributed by atoms with E-state index in [-0.39, 0.29) is 35.1 Å². The summed E-state index contributed by atoms with van der Waals surface area (Å²) in [5, 5.41) is 10.2. The molecule has 0 aromatic heterocycles. The lowest BCUT2D eigenvalue weighted by Gasteiger charge is -2.21. The maximum atomic E-state index is 11.9. The van der Waals surface area contributed by atoms with E-state index in [1.807, 2.05) is 13.8 Å². The topological polar surface area (TPSA) is 59.1 Å². The summed E-state index contributed by atoms with van der Waals surface area (Å²) < 4.78 is 11.7. The van der Waals surface area contributed by atoms with Gasteiger partial charge in [0, 0.05) is 17.9 Å². The zero-order valence-corrected chi connectivity index (χ0v) is 11.6. The van der Waals surface area contributed by atoms with Crippen LogP contribution >= 0.6 is 0 Å². The van der Waals surface area contributed by atoms with Crippen molar-refractivity contribution in [1.82, 2.24) is 0 Å². The highest BCUT2D eigenvalue weighted by Gasteiger charge is 2.75. The van der Waals surface area contributed by atoms with Crippen LogP contribution in [0.1, 0.15) is 40.0 Å². The molecule has 0 amide bonds. The first-order chi connectivity index (χ1) is 8.90. The molecule has 1 spiro atoms.